The Morgan fingerprint density at radius 2 is 1.00 bits per heavy atom. The van der Waals surface area contributed by atoms with Crippen LogP contribution in [0.4, 0.5) is 0 Å². The molecular formula is C17H32B2O4. The van der Waals surface area contributed by atoms with E-state index in [1.54, 1.807) is 0 Å². The van der Waals surface area contributed by atoms with Gasteiger partial charge in [0.1, 0.15) is 0 Å². The van der Waals surface area contributed by atoms with Crippen molar-refractivity contribution >= 4 is 14.2 Å². The fourth-order valence-corrected chi connectivity index (χ4v) is 2.57. The summed E-state index contributed by atoms with van der Waals surface area (Å²) in [4.78, 5) is 0. The van der Waals surface area contributed by atoms with Crippen LogP contribution in [0.2, 0.25) is 0 Å². The van der Waals surface area contributed by atoms with Gasteiger partial charge in [0.05, 0.1) is 22.4 Å². The van der Waals surface area contributed by atoms with E-state index < -0.39 is 14.2 Å². The summed E-state index contributed by atoms with van der Waals surface area (Å²) in [5, 5.41) is 0.948. The molecule has 23 heavy (non-hydrogen) atoms. The lowest BCUT2D eigenvalue weighted by Crippen LogP contribution is -2.41. The van der Waals surface area contributed by atoms with Crippen molar-refractivity contribution < 1.29 is 18.6 Å². The average molecular weight is 322 g/mol. The molecule has 2 saturated heterocycles. The second kappa shape index (κ2) is 5.90. The van der Waals surface area contributed by atoms with Crippen LogP contribution in [0.15, 0.2) is 11.4 Å². The van der Waals surface area contributed by atoms with Gasteiger partial charge < -0.3 is 18.6 Å². The standard InChI is InChI=1S/C17H32B2O4/c1-10-11-12-13(18-20-14(2,3)15(4,5)21-18)19-22-16(6,7)17(8,9)23-19/h12H,10-11H2,1-9H3. The lowest BCUT2D eigenvalue weighted by molar-refractivity contribution is 0.00578. The first kappa shape index (κ1) is 19.0. The van der Waals surface area contributed by atoms with Crippen LogP contribution in [0, 0.1) is 0 Å². The molecule has 0 N–H and O–H groups in total. The van der Waals surface area contributed by atoms with E-state index in [-0.39, 0.29) is 22.4 Å². The van der Waals surface area contributed by atoms with Gasteiger partial charge >= 0.3 is 14.2 Å². The summed E-state index contributed by atoms with van der Waals surface area (Å²) < 4.78 is 24.9. The maximum Gasteiger partial charge on any atom is 0.486 e. The van der Waals surface area contributed by atoms with Crippen LogP contribution < -0.4 is 0 Å². The molecule has 0 unspecified atom stereocenters. The first-order valence-electron chi connectivity index (χ1n) is 8.74. The first-order valence-corrected chi connectivity index (χ1v) is 8.74. The van der Waals surface area contributed by atoms with Crippen molar-refractivity contribution in [3.63, 3.8) is 0 Å². The van der Waals surface area contributed by atoms with Crippen LogP contribution in [0.1, 0.15) is 75.2 Å². The predicted octanol–water partition coefficient (Wildman–Crippen LogP) is 3.98. The largest absolute Gasteiger partial charge is 0.486 e. The molecule has 0 aromatic heterocycles. The Kier molecular flexibility index (Phi) is 4.89. The normalized spacial score (nSPS) is 27.3. The molecule has 0 atom stereocenters. The second-order valence-corrected chi connectivity index (χ2v) is 8.67. The number of unbranched alkanes of at least 4 members (excludes halogenated alkanes) is 1. The maximum atomic E-state index is 6.22. The summed E-state index contributed by atoms with van der Waals surface area (Å²) in [5.41, 5.74) is -1.47. The molecule has 2 aliphatic heterocycles. The highest BCUT2D eigenvalue weighted by Crippen LogP contribution is 2.43. The minimum Gasteiger partial charge on any atom is -0.400 e. The van der Waals surface area contributed by atoms with E-state index in [9.17, 15) is 0 Å². The lowest BCUT2D eigenvalue weighted by Gasteiger charge is -2.32. The molecule has 0 spiro atoms. The molecule has 4 nitrogen and oxygen atoms in total. The highest BCUT2D eigenvalue weighted by molar-refractivity contribution is 6.78. The first-order chi connectivity index (χ1) is 10.3. The minimum atomic E-state index is -0.429. The molecule has 2 aliphatic rings. The van der Waals surface area contributed by atoms with Crippen molar-refractivity contribution in [2.45, 2.75) is 97.6 Å². The Labute approximate surface area is 142 Å². The van der Waals surface area contributed by atoms with Crippen LogP contribution >= 0.6 is 0 Å². The smallest absolute Gasteiger partial charge is 0.400 e. The molecule has 130 valence electrons. The highest BCUT2D eigenvalue weighted by atomic mass is 16.7. The van der Waals surface area contributed by atoms with Gasteiger partial charge in [0.15, 0.2) is 0 Å². The Balaban J connectivity index is 2.27. The van der Waals surface area contributed by atoms with Gasteiger partial charge in [0, 0.05) is 0 Å². The zero-order valence-electron chi connectivity index (χ0n) is 16.3. The summed E-state index contributed by atoms with van der Waals surface area (Å²) in [6.07, 6.45) is 4.16. The van der Waals surface area contributed by atoms with Crippen molar-refractivity contribution in [1.29, 1.82) is 0 Å². The lowest BCUT2D eigenvalue weighted by atomic mass is 9.57. The third-order valence-corrected chi connectivity index (χ3v) is 5.72. The molecule has 2 fully saturated rings. The summed E-state index contributed by atoms with van der Waals surface area (Å²) in [6, 6.07) is 0. The molecule has 0 bridgehead atoms. The van der Waals surface area contributed by atoms with Crippen LogP contribution in [0.3, 0.4) is 0 Å². The van der Waals surface area contributed by atoms with Crippen LogP contribution in [0.25, 0.3) is 0 Å². The molecule has 0 aromatic rings. The van der Waals surface area contributed by atoms with Crippen molar-refractivity contribution in [3.8, 4) is 0 Å². The van der Waals surface area contributed by atoms with Crippen LogP contribution in [0.5, 0.6) is 0 Å². The van der Waals surface area contributed by atoms with E-state index in [0.717, 1.165) is 18.2 Å². The molecule has 6 heteroatoms. The van der Waals surface area contributed by atoms with Gasteiger partial charge in [-0.1, -0.05) is 19.4 Å². The van der Waals surface area contributed by atoms with Gasteiger partial charge in [-0.15, -0.1) is 0 Å². The summed E-state index contributed by atoms with van der Waals surface area (Å²) in [6.45, 7) is 18.7. The van der Waals surface area contributed by atoms with Gasteiger partial charge in [-0.25, -0.2) is 0 Å². The van der Waals surface area contributed by atoms with Crippen molar-refractivity contribution in [2.24, 2.45) is 0 Å². The Morgan fingerprint density at radius 3 is 1.26 bits per heavy atom. The Hall–Kier alpha value is -0.290. The van der Waals surface area contributed by atoms with Gasteiger partial charge in [0.25, 0.3) is 0 Å². The molecule has 0 aliphatic carbocycles. The van der Waals surface area contributed by atoms with Gasteiger partial charge in [-0.2, -0.15) is 0 Å². The van der Waals surface area contributed by atoms with Gasteiger partial charge in [0.2, 0.25) is 0 Å². The number of hydrogen-bond donors (Lipinski definition) is 0. The third kappa shape index (κ3) is 3.41. The fourth-order valence-electron chi connectivity index (χ4n) is 2.57. The van der Waals surface area contributed by atoms with Crippen LogP contribution in [-0.2, 0) is 18.6 Å². The molecule has 0 saturated carbocycles. The molecule has 0 radical (unpaired) electrons. The molecule has 2 rings (SSSR count). The molecule has 0 aromatic carbocycles. The van der Waals surface area contributed by atoms with E-state index in [0.29, 0.717) is 0 Å². The Morgan fingerprint density at radius 1 is 0.696 bits per heavy atom. The summed E-state index contributed by atoms with van der Waals surface area (Å²) >= 11 is 0. The quantitative estimate of drug-likeness (QED) is 0.734. The van der Waals surface area contributed by atoms with E-state index in [4.69, 9.17) is 18.6 Å². The third-order valence-electron chi connectivity index (χ3n) is 5.72. The van der Waals surface area contributed by atoms with Crippen LogP contribution in [-0.4, -0.2) is 36.6 Å². The zero-order chi connectivity index (χ0) is 17.7. The van der Waals surface area contributed by atoms with Gasteiger partial charge in [-0.3, -0.25) is 0 Å². The maximum absolute atomic E-state index is 6.22. The predicted molar refractivity (Wildman–Crippen MR) is 95.2 cm³/mol. The molecular weight excluding hydrogens is 290 g/mol. The zero-order valence-corrected chi connectivity index (χ0v) is 16.3. The topological polar surface area (TPSA) is 36.9 Å². The van der Waals surface area contributed by atoms with E-state index >= 15 is 0 Å². The van der Waals surface area contributed by atoms with Crippen molar-refractivity contribution in [3.05, 3.63) is 11.4 Å². The second-order valence-electron chi connectivity index (χ2n) is 8.67. The molecule has 0 amide bonds. The minimum absolute atomic E-state index is 0.368. The van der Waals surface area contributed by atoms with Crippen molar-refractivity contribution in [1.82, 2.24) is 0 Å². The molecule has 2 heterocycles. The SMILES string of the molecule is CCCC=C(B1OC(C)(C)C(C)(C)O1)B1OC(C)(C)C(C)(C)O1. The highest BCUT2D eigenvalue weighted by Gasteiger charge is 2.59. The summed E-state index contributed by atoms with van der Waals surface area (Å²) in [5.74, 6) is 0. The Bertz CT molecular complexity index is 413. The van der Waals surface area contributed by atoms with E-state index in [1.165, 1.54) is 0 Å². The van der Waals surface area contributed by atoms with Crippen molar-refractivity contribution in [2.75, 3.05) is 0 Å². The van der Waals surface area contributed by atoms with E-state index in [2.05, 4.69) is 68.4 Å². The van der Waals surface area contributed by atoms with E-state index in [1.807, 2.05) is 0 Å². The average Bonchev–Trinajstić information content (AvgIpc) is 2.69. The summed E-state index contributed by atoms with van der Waals surface area (Å²) in [7, 11) is -0.859. The number of rotatable bonds is 4. The number of allylic oxidation sites excluding steroid dienone is 1. The van der Waals surface area contributed by atoms with Gasteiger partial charge in [-0.05, 0) is 67.2 Å². The number of hydrogen-bond acceptors (Lipinski definition) is 4. The fraction of sp³-hybridized carbons (Fsp3) is 0.882. The monoisotopic (exact) mass is 322 g/mol.